The first-order valence-electron chi connectivity index (χ1n) is 10.9. The van der Waals surface area contributed by atoms with E-state index >= 15 is 0 Å². The van der Waals surface area contributed by atoms with Crippen molar-refractivity contribution in [2.45, 2.75) is 40.5 Å². The predicted octanol–water partition coefficient (Wildman–Crippen LogP) is 6.26. The van der Waals surface area contributed by atoms with Crippen molar-refractivity contribution in [2.75, 3.05) is 13.1 Å². The van der Waals surface area contributed by atoms with Gasteiger partial charge >= 0.3 is 0 Å². The largest absolute Gasteiger partial charge is 0.331 e. The molecule has 2 aromatic rings. The molecule has 0 saturated heterocycles. The number of nitrogens with zero attached hydrogens (tertiary/aromatic N) is 2. The number of hydrogen-bond donors (Lipinski definition) is 0. The summed E-state index contributed by atoms with van der Waals surface area (Å²) in [6, 6.07) is 17.7. The molecular weight excluding hydrogens is 404 g/mol. The molecule has 0 spiro atoms. The first-order valence-corrected chi connectivity index (χ1v) is 11.7. The number of rotatable bonds is 6. The summed E-state index contributed by atoms with van der Waals surface area (Å²) in [4.78, 5) is 6.27. The topological polar surface area (TPSA) is 6.48 Å². The number of hydrogen-bond acceptors (Lipinski definition) is 2. The highest BCUT2D eigenvalue weighted by molar-refractivity contribution is 7.81. The molecule has 2 aromatic carbocycles. The number of likely N-dealkylation sites (N-methyl/N-ethyl adjacent to an activating group) is 2. The molecule has 4 heteroatoms. The van der Waals surface area contributed by atoms with Crippen molar-refractivity contribution in [3.8, 4) is 0 Å². The molecule has 0 saturated carbocycles. The van der Waals surface area contributed by atoms with Crippen molar-refractivity contribution in [3.63, 3.8) is 0 Å². The molecule has 2 aliphatic heterocycles. The van der Waals surface area contributed by atoms with Crippen molar-refractivity contribution in [1.82, 2.24) is 9.80 Å². The van der Waals surface area contributed by atoms with Crippen LogP contribution in [0.2, 0.25) is 0 Å². The average molecular weight is 433 g/mol. The Morgan fingerprint density at radius 1 is 0.567 bits per heavy atom. The zero-order valence-electron chi connectivity index (χ0n) is 18.2. The van der Waals surface area contributed by atoms with Crippen molar-refractivity contribution < 1.29 is 0 Å². The molecule has 0 bridgehead atoms. The van der Waals surface area contributed by atoms with E-state index in [-0.39, 0.29) is 0 Å². The zero-order valence-corrected chi connectivity index (χ0v) is 19.8. The van der Waals surface area contributed by atoms with Gasteiger partial charge in [0.25, 0.3) is 0 Å². The van der Waals surface area contributed by atoms with Crippen LogP contribution in [0.5, 0.6) is 0 Å². The molecule has 4 rings (SSSR count). The second-order valence-corrected chi connectivity index (χ2v) is 8.42. The fourth-order valence-corrected chi connectivity index (χ4v) is 5.23. The summed E-state index contributed by atoms with van der Waals surface area (Å²) in [5.41, 5.74) is 9.60. The summed E-state index contributed by atoms with van der Waals surface area (Å²) >= 11 is 12.0. The van der Waals surface area contributed by atoms with Crippen molar-refractivity contribution in [1.29, 1.82) is 0 Å². The van der Waals surface area contributed by atoms with Crippen LogP contribution in [-0.4, -0.2) is 32.9 Å². The minimum Gasteiger partial charge on any atom is -0.331 e. The third-order valence-corrected chi connectivity index (χ3v) is 6.93. The van der Waals surface area contributed by atoms with E-state index in [1.54, 1.807) is 0 Å². The van der Waals surface area contributed by atoms with E-state index in [1.165, 1.54) is 22.3 Å². The van der Waals surface area contributed by atoms with Crippen molar-refractivity contribution >= 4 is 45.8 Å². The van der Waals surface area contributed by atoms with Crippen LogP contribution in [0.3, 0.4) is 0 Å². The average Bonchev–Trinajstić information content (AvgIpc) is 3.25. The van der Waals surface area contributed by atoms with E-state index in [0.29, 0.717) is 0 Å². The maximum Gasteiger partial charge on any atom is 0.116 e. The van der Waals surface area contributed by atoms with Gasteiger partial charge in [0.1, 0.15) is 9.98 Å². The number of aryl methyl sites for hydroxylation is 2. The summed E-state index contributed by atoms with van der Waals surface area (Å²) in [5.74, 6) is 0. The van der Waals surface area contributed by atoms with Crippen LogP contribution in [0, 0.1) is 0 Å². The minimum absolute atomic E-state index is 0.827. The third kappa shape index (κ3) is 3.23. The van der Waals surface area contributed by atoms with E-state index < -0.39 is 0 Å². The first-order chi connectivity index (χ1) is 14.5. The number of benzene rings is 2. The Labute approximate surface area is 190 Å². The lowest BCUT2D eigenvalue weighted by atomic mass is 10.0. The van der Waals surface area contributed by atoms with Gasteiger partial charge < -0.3 is 9.80 Å². The molecular formula is C26H28N2S2. The second kappa shape index (κ2) is 8.44. The summed E-state index contributed by atoms with van der Waals surface area (Å²) < 4.78 is 0. The molecule has 0 N–H and O–H groups in total. The first kappa shape index (κ1) is 21.0. The molecule has 0 aromatic heterocycles. The molecule has 0 amide bonds. The zero-order chi connectivity index (χ0) is 21.4. The Hall–Kier alpha value is -2.30. The Kier molecular flexibility index (Phi) is 5.90. The molecule has 0 unspecified atom stereocenters. The van der Waals surface area contributed by atoms with Gasteiger partial charge in [-0.1, -0.05) is 86.8 Å². The van der Waals surface area contributed by atoms with Crippen molar-refractivity contribution in [3.05, 3.63) is 81.9 Å². The standard InChI is InChI=1S/C26H28N2S2/c1-5-17-9-13-19(14-10-17)23-21-22(26(30)27(23)7-3)24(28(8-4)25(21)29)20-15-11-18(6-2)12-16-20/h9-16H,5-8H2,1-4H3. The van der Waals surface area contributed by atoms with Gasteiger partial charge in [-0.3, -0.25) is 0 Å². The maximum absolute atomic E-state index is 6.02. The minimum atomic E-state index is 0.827. The lowest BCUT2D eigenvalue weighted by Crippen LogP contribution is -2.28. The third-order valence-electron chi connectivity index (χ3n) is 6.09. The SMILES string of the molecule is CCc1ccc(C2=C3C(=S)N(CC)C(c4ccc(CC)cc4)=C3C(=S)N2CC)cc1. The van der Waals surface area contributed by atoms with Crippen LogP contribution >= 0.6 is 24.4 Å². The highest BCUT2D eigenvalue weighted by atomic mass is 32.1. The lowest BCUT2D eigenvalue weighted by molar-refractivity contribution is 0.620. The summed E-state index contributed by atoms with van der Waals surface area (Å²) in [5, 5.41) is 0. The van der Waals surface area contributed by atoms with E-state index in [4.69, 9.17) is 24.4 Å². The summed E-state index contributed by atoms with van der Waals surface area (Å²) in [7, 11) is 0. The van der Waals surface area contributed by atoms with Gasteiger partial charge in [0.15, 0.2) is 0 Å². The van der Waals surface area contributed by atoms with Crippen LogP contribution in [0.15, 0.2) is 59.7 Å². The van der Waals surface area contributed by atoms with Gasteiger partial charge in [0, 0.05) is 24.2 Å². The molecule has 2 aliphatic rings. The highest BCUT2D eigenvalue weighted by Gasteiger charge is 2.43. The van der Waals surface area contributed by atoms with Gasteiger partial charge in [-0.05, 0) is 48.9 Å². The van der Waals surface area contributed by atoms with Crippen LogP contribution in [0.25, 0.3) is 11.4 Å². The van der Waals surface area contributed by atoms with Crippen LogP contribution in [0.1, 0.15) is 49.9 Å². The normalized spacial score (nSPS) is 16.3. The van der Waals surface area contributed by atoms with Gasteiger partial charge in [-0.25, -0.2) is 0 Å². The molecule has 0 atom stereocenters. The molecule has 0 radical (unpaired) electrons. The quantitative estimate of drug-likeness (QED) is 0.497. The molecule has 2 nitrogen and oxygen atoms in total. The Morgan fingerprint density at radius 3 is 1.17 bits per heavy atom. The molecule has 2 heterocycles. The monoisotopic (exact) mass is 432 g/mol. The molecule has 30 heavy (non-hydrogen) atoms. The Bertz CT molecular complexity index is 972. The highest BCUT2D eigenvalue weighted by Crippen LogP contribution is 2.47. The van der Waals surface area contributed by atoms with E-state index in [1.807, 2.05) is 0 Å². The second-order valence-electron chi connectivity index (χ2n) is 7.65. The molecule has 154 valence electrons. The number of thiocarbonyl (C=S) groups is 2. The Morgan fingerprint density at radius 2 is 0.900 bits per heavy atom. The van der Waals surface area contributed by atoms with Crippen LogP contribution in [-0.2, 0) is 12.8 Å². The van der Waals surface area contributed by atoms with Gasteiger partial charge in [0.2, 0.25) is 0 Å². The van der Waals surface area contributed by atoms with Gasteiger partial charge in [0.05, 0.1) is 11.4 Å². The smallest absolute Gasteiger partial charge is 0.116 e. The summed E-state index contributed by atoms with van der Waals surface area (Å²) in [6.45, 7) is 10.3. The fraction of sp³-hybridized carbons (Fsp3) is 0.308. The van der Waals surface area contributed by atoms with Crippen LogP contribution in [0.4, 0.5) is 0 Å². The van der Waals surface area contributed by atoms with E-state index in [9.17, 15) is 0 Å². The van der Waals surface area contributed by atoms with E-state index in [2.05, 4.69) is 86.0 Å². The van der Waals surface area contributed by atoms with Crippen molar-refractivity contribution in [2.24, 2.45) is 0 Å². The summed E-state index contributed by atoms with van der Waals surface area (Å²) in [6.07, 6.45) is 2.07. The van der Waals surface area contributed by atoms with Gasteiger partial charge in [-0.2, -0.15) is 0 Å². The Balaban J connectivity index is 1.95. The van der Waals surface area contributed by atoms with Gasteiger partial charge in [-0.15, -0.1) is 0 Å². The molecule has 0 fully saturated rings. The maximum atomic E-state index is 6.02. The van der Waals surface area contributed by atoms with E-state index in [0.717, 1.165) is 58.4 Å². The molecule has 0 aliphatic carbocycles. The lowest BCUT2D eigenvalue weighted by Gasteiger charge is -2.26. The van der Waals surface area contributed by atoms with Crippen LogP contribution < -0.4 is 0 Å². The predicted molar refractivity (Wildman–Crippen MR) is 135 cm³/mol. The number of fused-ring (bicyclic) bond motifs is 1. The fourth-order valence-electron chi connectivity index (χ4n) is 4.40.